The molecule has 1 saturated heterocycles. The van der Waals surface area contributed by atoms with Crippen molar-refractivity contribution in [3.05, 3.63) is 48.6 Å². The van der Waals surface area contributed by atoms with Crippen molar-refractivity contribution >= 4 is 11.9 Å². The second-order valence-electron chi connectivity index (χ2n) is 18.3. The summed E-state index contributed by atoms with van der Waals surface area (Å²) in [7, 11) is 0. The molecule has 0 amide bonds. The number of allylic oxidation sites excluding steroid dienone is 8. The number of rotatable bonds is 45. The van der Waals surface area contributed by atoms with Crippen molar-refractivity contribution in [3.8, 4) is 0 Å². The molecular formula is C55H98O10. The van der Waals surface area contributed by atoms with E-state index in [0.29, 0.717) is 6.42 Å². The molecule has 1 fully saturated rings. The van der Waals surface area contributed by atoms with E-state index in [1.165, 1.54) is 128 Å². The highest BCUT2D eigenvalue weighted by molar-refractivity contribution is 5.70. The number of aliphatic hydroxyl groups excluding tert-OH is 4. The minimum atomic E-state index is -1.60. The van der Waals surface area contributed by atoms with Crippen LogP contribution in [0.3, 0.4) is 0 Å². The lowest BCUT2D eigenvalue weighted by Gasteiger charge is -2.39. The van der Waals surface area contributed by atoms with Crippen LogP contribution in [0.2, 0.25) is 0 Å². The Labute approximate surface area is 397 Å². The van der Waals surface area contributed by atoms with Crippen molar-refractivity contribution in [1.82, 2.24) is 0 Å². The minimum Gasteiger partial charge on any atom is -0.462 e. The van der Waals surface area contributed by atoms with Crippen LogP contribution in [-0.2, 0) is 28.5 Å². The van der Waals surface area contributed by atoms with Gasteiger partial charge in [-0.3, -0.25) is 9.59 Å². The molecule has 0 radical (unpaired) electrons. The molecule has 10 heteroatoms. The Morgan fingerprint density at radius 1 is 0.477 bits per heavy atom. The van der Waals surface area contributed by atoms with Crippen LogP contribution in [0, 0.1) is 0 Å². The van der Waals surface area contributed by atoms with Crippen LogP contribution < -0.4 is 0 Å². The van der Waals surface area contributed by atoms with Crippen LogP contribution in [0.25, 0.3) is 0 Å². The van der Waals surface area contributed by atoms with E-state index in [0.717, 1.165) is 70.6 Å². The number of carbonyl (C=O) groups is 2. The molecular weight excluding hydrogens is 821 g/mol. The molecule has 6 atom stereocenters. The molecule has 1 heterocycles. The quantitative estimate of drug-likeness (QED) is 0.0264. The van der Waals surface area contributed by atoms with E-state index in [1.54, 1.807) is 0 Å². The highest BCUT2D eigenvalue weighted by Gasteiger charge is 2.44. The molecule has 0 aliphatic carbocycles. The van der Waals surface area contributed by atoms with Gasteiger partial charge in [0.15, 0.2) is 12.4 Å². The van der Waals surface area contributed by atoms with Gasteiger partial charge < -0.3 is 39.4 Å². The normalized spacial score (nSPS) is 19.6. The Hall–Kier alpha value is -2.34. The third-order valence-electron chi connectivity index (χ3n) is 12.2. The van der Waals surface area contributed by atoms with Crippen molar-refractivity contribution in [2.75, 3.05) is 19.8 Å². The van der Waals surface area contributed by atoms with Gasteiger partial charge in [0, 0.05) is 12.8 Å². The first-order valence-electron chi connectivity index (χ1n) is 26.7. The molecule has 6 unspecified atom stereocenters. The highest BCUT2D eigenvalue weighted by Crippen LogP contribution is 2.23. The molecule has 10 nitrogen and oxygen atoms in total. The van der Waals surface area contributed by atoms with E-state index >= 15 is 0 Å². The Morgan fingerprint density at radius 2 is 0.862 bits per heavy atom. The van der Waals surface area contributed by atoms with E-state index in [2.05, 4.69) is 62.5 Å². The van der Waals surface area contributed by atoms with Crippen molar-refractivity contribution in [2.24, 2.45) is 0 Å². The number of unbranched alkanes of at least 4 members (excludes halogenated alkanes) is 26. The predicted molar refractivity (Wildman–Crippen MR) is 265 cm³/mol. The number of ether oxygens (including phenoxy) is 4. The lowest BCUT2D eigenvalue weighted by atomic mass is 9.99. The summed E-state index contributed by atoms with van der Waals surface area (Å²) in [6.45, 7) is 3.41. The van der Waals surface area contributed by atoms with Gasteiger partial charge in [0.1, 0.15) is 31.0 Å². The Morgan fingerprint density at radius 3 is 1.31 bits per heavy atom. The number of hydrogen-bond acceptors (Lipinski definition) is 10. The summed E-state index contributed by atoms with van der Waals surface area (Å²) in [5.74, 6) is -0.811. The molecule has 0 aromatic carbocycles. The van der Waals surface area contributed by atoms with Gasteiger partial charge in [0.25, 0.3) is 0 Å². The average molecular weight is 919 g/mol. The molecule has 0 bridgehead atoms. The molecule has 4 N–H and O–H groups in total. The van der Waals surface area contributed by atoms with Crippen molar-refractivity contribution in [3.63, 3.8) is 0 Å². The zero-order valence-corrected chi connectivity index (χ0v) is 41.5. The summed E-state index contributed by atoms with van der Waals surface area (Å²) in [5.41, 5.74) is 0. The molecule has 0 aromatic rings. The maximum absolute atomic E-state index is 12.9. The summed E-state index contributed by atoms with van der Waals surface area (Å²) in [5, 5.41) is 40.2. The molecule has 378 valence electrons. The standard InChI is InChI=1S/C55H98O10/c1-3-5-7-9-11-13-15-17-19-21-23-24-26-28-30-32-34-36-38-40-42-44-51(58)64-48(47-63-55-54(61)53(60)52(59)49(45-56)65-55)46-62-50(57)43-41-39-37-35-33-31-29-27-25-22-20-18-16-14-12-10-8-6-4-2/h12,14-15,17-18,20-21,23,48-49,52-56,59-61H,3-11,13,16,19,22,24-47H2,1-2H3/b14-12-,17-15-,20-18-,23-21-. The number of hydrogen-bond donors (Lipinski definition) is 4. The van der Waals surface area contributed by atoms with Crippen LogP contribution in [0.1, 0.15) is 232 Å². The maximum Gasteiger partial charge on any atom is 0.306 e. The Kier molecular flexibility index (Phi) is 42.4. The minimum absolute atomic E-state index is 0.221. The zero-order valence-electron chi connectivity index (χ0n) is 41.5. The van der Waals surface area contributed by atoms with Crippen LogP contribution >= 0.6 is 0 Å². The fourth-order valence-corrected chi connectivity index (χ4v) is 7.96. The van der Waals surface area contributed by atoms with E-state index in [9.17, 15) is 30.0 Å². The largest absolute Gasteiger partial charge is 0.462 e. The molecule has 1 aliphatic rings. The monoisotopic (exact) mass is 919 g/mol. The highest BCUT2D eigenvalue weighted by atomic mass is 16.7. The topological polar surface area (TPSA) is 152 Å². The molecule has 0 saturated carbocycles. The third-order valence-corrected chi connectivity index (χ3v) is 12.2. The Bertz CT molecular complexity index is 1200. The van der Waals surface area contributed by atoms with Gasteiger partial charge in [-0.15, -0.1) is 0 Å². The van der Waals surface area contributed by atoms with E-state index in [-0.39, 0.29) is 32.0 Å². The molecule has 65 heavy (non-hydrogen) atoms. The Balaban J connectivity index is 2.25. The fourth-order valence-electron chi connectivity index (χ4n) is 7.96. The lowest BCUT2D eigenvalue weighted by molar-refractivity contribution is -0.305. The number of aliphatic hydroxyl groups is 4. The van der Waals surface area contributed by atoms with Gasteiger partial charge in [-0.1, -0.05) is 191 Å². The summed E-state index contributed by atoms with van der Waals surface area (Å²) < 4.78 is 22.3. The second kappa shape index (κ2) is 45.4. The molecule has 0 spiro atoms. The third kappa shape index (κ3) is 36.4. The van der Waals surface area contributed by atoms with Gasteiger partial charge in [-0.2, -0.15) is 0 Å². The van der Waals surface area contributed by atoms with Gasteiger partial charge in [0.2, 0.25) is 0 Å². The molecule has 1 rings (SSSR count). The van der Waals surface area contributed by atoms with Gasteiger partial charge in [-0.25, -0.2) is 0 Å². The summed E-state index contributed by atoms with van der Waals surface area (Å²) in [4.78, 5) is 25.5. The lowest BCUT2D eigenvalue weighted by Crippen LogP contribution is -2.59. The van der Waals surface area contributed by atoms with Crippen molar-refractivity contribution in [1.29, 1.82) is 0 Å². The van der Waals surface area contributed by atoms with Crippen LogP contribution in [0.4, 0.5) is 0 Å². The van der Waals surface area contributed by atoms with Gasteiger partial charge >= 0.3 is 11.9 Å². The number of esters is 2. The SMILES string of the molecule is CCCCC/C=C\C/C=C\CCCCCCCCCCCC(=O)OCC(COC1OC(CO)C(O)C(O)C1O)OC(=O)CCCCCCCCCCC/C=C\C/C=C\CCCCCCC. The number of carbonyl (C=O) groups excluding carboxylic acids is 2. The van der Waals surface area contributed by atoms with Gasteiger partial charge in [-0.05, 0) is 77.0 Å². The predicted octanol–water partition coefficient (Wildman–Crippen LogP) is 12.8. The summed E-state index contributed by atoms with van der Waals surface area (Å²) >= 11 is 0. The van der Waals surface area contributed by atoms with Crippen LogP contribution in [0.5, 0.6) is 0 Å². The van der Waals surface area contributed by atoms with Gasteiger partial charge in [0.05, 0.1) is 13.2 Å². The van der Waals surface area contributed by atoms with E-state index in [1.807, 2.05) is 0 Å². The first-order valence-corrected chi connectivity index (χ1v) is 26.7. The molecule has 1 aliphatic heterocycles. The first kappa shape index (κ1) is 60.7. The van der Waals surface area contributed by atoms with Crippen LogP contribution in [-0.4, -0.2) is 89.0 Å². The van der Waals surface area contributed by atoms with E-state index in [4.69, 9.17) is 18.9 Å². The van der Waals surface area contributed by atoms with E-state index < -0.39 is 49.4 Å². The molecule has 0 aromatic heterocycles. The zero-order chi connectivity index (χ0) is 47.3. The second-order valence-corrected chi connectivity index (χ2v) is 18.3. The first-order chi connectivity index (χ1) is 31.8. The van der Waals surface area contributed by atoms with Crippen LogP contribution in [0.15, 0.2) is 48.6 Å². The average Bonchev–Trinajstić information content (AvgIpc) is 3.30. The summed E-state index contributed by atoms with van der Waals surface area (Å²) in [6, 6.07) is 0. The van der Waals surface area contributed by atoms with Crippen molar-refractivity contribution in [2.45, 2.75) is 269 Å². The maximum atomic E-state index is 12.9. The fraction of sp³-hybridized carbons (Fsp3) is 0.818. The summed E-state index contributed by atoms with van der Waals surface area (Å²) in [6.07, 6.45) is 48.2. The smallest absolute Gasteiger partial charge is 0.306 e. The van der Waals surface area contributed by atoms with Crippen molar-refractivity contribution < 1.29 is 49.0 Å².